The van der Waals surface area contributed by atoms with E-state index in [4.69, 9.17) is 0 Å². The fourth-order valence-electron chi connectivity index (χ4n) is 2.54. The molecule has 1 N–H and O–H groups in total. The fraction of sp³-hybridized carbons (Fsp3) is 1.00. The largest absolute Gasteiger partial charge is 0.320 e. The summed E-state index contributed by atoms with van der Waals surface area (Å²) >= 11 is 0. The van der Waals surface area contributed by atoms with Crippen molar-refractivity contribution in [3.05, 3.63) is 0 Å². The van der Waals surface area contributed by atoms with E-state index in [-0.39, 0.29) is 0 Å². The molecule has 3 nitrogen and oxygen atoms in total. The van der Waals surface area contributed by atoms with Crippen LogP contribution in [0.4, 0.5) is 0 Å². The number of likely N-dealkylation sites (N-methyl/N-ethyl adjacent to an activating group) is 1. The molecule has 1 heterocycles. The minimum atomic E-state index is 0.759. The van der Waals surface area contributed by atoms with Crippen LogP contribution in [0.1, 0.15) is 19.8 Å². The third-order valence-electron chi connectivity index (χ3n) is 3.46. The summed E-state index contributed by atoms with van der Waals surface area (Å²) in [6.07, 6.45) is 2.63. The van der Waals surface area contributed by atoms with E-state index in [1.165, 1.54) is 32.5 Å². The van der Waals surface area contributed by atoms with Crippen LogP contribution >= 0.6 is 0 Å². The molecule has 0 amide bonds. The molecule has 1 rings (SSSR count). The second-order valence-electron chi connectivity index (χ2n) is 5.08. The van der Waals surface area contributed by atoms with Crippen molar-refractivity contribution >= 4 is 0 Å². The first-order valence-corrected chi connectivity index (χ1v) is 6.18. The van der Waals surface area contributed by atoms with Crippen LogP contribution in [-0.2, 0) is 0 Å². The standard InChI is InChI=1S/C12H27N3/c1-11-9-15(8-6-5-7-13-2)10-12(11)14(3)4/h11-13H,5-10H2,1-4H3. The van der Waals surface area contributed by atoms with E-state index in [2.05, 4.69) is 36.1 Å². The molecule has 2 unspecified atom stereocenters. The van der Waals surface area contributed by atoms with Gasteiger partial charge in [-0.2, -0.15) is 0 Å². The van der Waals surface area contributed by atoms with Crippen molar-refractivity contribution < 1.29 is 0 Å². The summed E-state index contributed by atoms with van der Waals surface area (Å²) in [7, 11) is 6.43. The van der Waals surface area contributed by atoms with Crippen molar-refractivity contribution in [3.63, 3.8) is 0 Å². The Morgan fingerprint density at radius 3 is 2.53 bits per heavy atom. The van der Waals surface area contributed by atoms with Gasteiger partial charge in [0.2, 0.25) is 0 Å². The van der Waals surface area contributed by atoms with Crippen LogP contribution in [0.5, 0.6) is 0 Å². The summed E-state index contributed by atoms with van der Waals surface area (Å²) in [6, 6.07) is 0.759. The zero-order chi connectivity index (χ0) is 11.3. The van der Waals surface area contributed by atoms with E-state index in [0.717, 1.165) is 18.5 Å². The molecule has 0 aliphatic carbocycles. The lowest BCUT2D eigenvalue weighted by molar-refractivity contribution is 0.251. The van der Waals surface area contributed by atoms with Gasteiger partial charge in [-0.25, -0.2) is 0 Å². The Morgan fingerprint density at radius 1 is 1.27 bits per heavy atom. The van der Waals surface area contributed by atoms with Crippen LogP contribution in [-0.4, -0.2) is 63.2 Å². The number of likely N-dealkylation sites (tertiary alicyclic amines) is 1. The van der Waals surface area contributed by atoms with Gasteiger partial charge in [0, 0.05) is 19.1 Å². The second kappa shape index (κ2) is 6.46. The van der Waals surface area contributed by atoms with Gasteiger partial charge in [0.25, 0.3) is 0 Å². The van der Waals surface area contributed by atoms with Gasteiger partial charge in [0.15, 0.2) is 0 Å². The molecule has 0 radical (unpaired) electrons. The number of nitrogens with zero attached hydrogens (tertiary/aromatic N) is 2. The van der Waals surface area contributed by atoms with Crippen molar-refractivity contribution in [1.82, 2.24) is 15.1 Å². The first kappa shape index (κ1) is 12.9. The molecular weight excluding hydrogens is 186 g/mol. The first-order chi connectivity index (χ1) is 7.15. The zero-order valence-electron chi connectivity index (χ0n) is 10.8. The van der Waals surface area contributed by atoms with Crippen LogP contribution in [0.25, 0.3) is 0 Å². The lowest BCUT2D eigenvalue weighted by Gasteiger charge is -2.22. The molecule has 90 valence electrons. The molecule has 0 aromatic rings. The van der Waals surface area contributed by atoms with Crippen molar-refractivity contribution in [2.45, 2.75) is 25.8 Å². The number of rotatable bonds is 6. The third-order valence-corrected chi connectivity index (χ3v) is 3.46. The summed E-state index contributed by atoms with van der Waals surface area (Å²) in [4.78, 5) is 4.99. The smallest absolute Gasteiger partial charge is 0.0254 e. The minimum Gasteiger partial charge on any atom is -0.320 e. The van der Waals surface area contributed by atoms with Gasteiger partial charge in [-0.05, 0) is 53.0 Å². The third kappa shape index (κ3) is 4.09. The quantitative estimate of drug-likeness (QED) is 0.661. The molecule has 1 saturated heterocycles. The van der Waals surface area contributed by atoms with Gasteiger partial charge >= 0.3 is 0 Å². The highest BCUT2D eigenvalue weighted by atomic mass is 15.2. The first-order valence-electron chi connectivity index (χ1n) is 6.18. The Kier molecular flexibility index (Phi) is 5.58. The van der Waals surface area contributed by atoms with Crippen LogP contribution < -0.4 is 5.32 Å². The number of unbranched alkanes of at least 4 members (excludes halogenated alkanes) is 1. The molecule has 15 heavy (non-hydrogen) atoms. The lowest BCUT2D eigenvalue weighted by Crippen LogP contribution is -2.34. The monoisotopic (exact) mass is 213 g/mol. The van der Waals surface area contributed by atoms with E-state index in [1.807, 2.05) is 7.05 Å². The summed E-state index contributed by atoms with van der Waals surface area (Å²) < 4.78 is 0. The Hall–Kier alpha value is -0.120. The molecule has 0 aromatic carbocycles. The average molecular weight is 213 g/mol. The molecule has 0 bridgehead atoms. The molecule has 0 aromatic heterocycles. The maximum absolute atomic E-state index is 3.20. The van der Waals surface area contributed by atoms with Gasteiger partial charge < -0.3 is 15.1 Å². The van der Waals surface area contributed by atoms with Gasteiger partial charge in [0.1, 0.15) is 0 Å². The molecule has 0 spiro atoms. The van der Waals surface area contributed by atoms with Crippen molar-refractivity contribution in [2.75, 3.05) is 47.3 Å². The second-order valence-corrected chi connectivity index (χ2v) is 5.08. The highest BCUT2D eigenvalue weighted by Gasteiger charge is 2.30. The fourth-order valence-corrected chi connectivity index (χ4v) is 2.54. The van der Waals surface area contributed by atoms with E-state index < -0.39 is 0 Å². The summed E-state index contributed by atoms with van der Waals surface area (Å²) in [5.41, 5.74) is 0. The van der Waals surface area contributed by atoms with Gasteiger partial charge in [-0.15, -0.1) is 0 Å². The molecule has 1 aliphatic rings. The maximum atomic E-state index is 3.20. The van der Waals surface area contributed by atoms with E-state index >= 15 is 0 Å². The van der Waals surface area contributed by atoms with Gasteiger partial charge in [-0.3, -0.25) is 0 Å². The van der Waals surface area contributed by atoms with Crippen molar-refractivity contribution in [2.24, 2.45) is 5.92 Å². The molecule has 0 saturated carbocycles. The van der Waals surface area contributed by atoms with Crippen molar-refractivity contribution in [3.8, 4) is 0 Å². The van der Waals surface area contributed by atoms with E-state index in [1.54, 1.807) is 0 Å². The predicted molar refractivity (Wildman–Crippen MR) is 66.2 cm³/mol. The van der Waals surface area contributed by atoms with Crippen LogP contribution in [0.2, 0.25) is 0 Å². The van der Waals surface area contributed by atoms with E-state index in [9.17, 15) is 0 Å². The lowest BCUT2D eigenvalue weighted by atomic mass is 10.1. The molecule has 3 heteroatoms. The highest BCUT2D eigenvalue weighted by molar-refractivity contribution is 4.86. The Morgan fingerprint density at radius 2 is 2.00 bits per heavy atom. The van der Waals surface area contributed by atoms with E-state index in [0.29, 0.717) is 0 Å². The zero-order valence-corrected chi connectivity index (χ0v) is 10.8. The van der Waals surface area contributed by atoms with Crippen LogP contribution in [0, 0.1) is 5.92 Å². The molecule has 1 aliphatic heterocycles. The normalized spacial score (nSPS) is 27.8. The Bertz CT molecular complexity index is 170. The average Bonchev–Trinajstić information content (AvgIpc) is 2.55. The molecule has 2 atom stereocenters. The summed E-state index contributed by atoms with van der Waals surface area (Å²) in [5, 5.41) is 3.20. The number of hydrogen-bond donors (Lipinski definition) is 1. The van der Waals surface area contributed by atoms with Gasteiger partial charge in [-0.1, -0.05) is 6.92 Å². The van der Waals surface area contributed by atoms with Crippen LogP contribution in [0.15, 0.2) is 0 Å². The summed E-state index contributed by atoms with van der Waals surface area (Å²) in [6.45, 7) is 7.34. The molecular formula is C12H27N3. The van der Waals surface area contributed by atoms with Crippen molar-refractivity contribution in [1.29, 1.82) is 0 Å². The number of hydrogen-bond acceptors (Lipinski definition) is 3. The summed E-state index contributed by atoms with van der Waals surface area (Å²) in [5.74, 6) is 0.823. The van der Waals surface area contributed by atoms with Crippen LogP contribution in [0.3, 0.4) is 0 Å². The number of nitrogens with one attached hydrogen (secondary N) is 1. The maximum Gasteiger partial charge on any atom is 0.0254 e. The van der Waals surface area contributed by atoms with Gasteiger partial charge in [0.05, 0.1) is 0 Å². The Balaban J connectivity index is 2.17. The highest BCUT2D eigenvalue weighted by Crippen LogP contribution is 2.19. The SMILES string of the molecule is CNCCCCN1CC(C)C(N(C)C)C1. The minimum absolute atomic E-state index is 0.759. The predicted octanol–water partition coefficient (Wildman–Crippen LogP) is 0.868. The molecule has 1 fully saturated rings. The Labute approximate surface area is 94.8 Å². The topological polar surface area (TPSA) is 18.5 Å².